The second kappa shape index (κ2) is 8.09. The molecule has 0 unspecified atom stereocenters. The fourth-order valence-electron chi connectivity index (χ4n) is 2.40. The molecule has 1 heterocycles. The van der Waals surface area contributed by atoms with Crippen LogP contribution >= 0.6 is 15.9 Å². The van der Waals surface area contributed by atoms with Crippen molar-refractivity contribution in [2.75, 3.05) is 14.2 Å². The number of methoxy groups -OCH3 is 1. The molecule has 2 aromatic carbocycles. The van der Waals surface area contributed by atoms with Crippen molar-refractivity contribution in [3.05, 3.63) is 58.6 Å². The van der Waals surface area contributed by atoms with Crippen molar-refractivity contribution in [1.29, 1.82) is 0 Å². The lowest BCUT2D eigenvalue weighted by molar-refractivity contribution is -0.131. The molecule has 0 aliphatic heterocycles. The lowest BCUT2D eigenvalue weighted by Gasteiger charge is -2.17. The van der Waals surface area contributed by atoms with E-state index in [1.54, 1.807) is 19.1 Å². The van der Waals surface area contributed by atoms with Crippen molar-refractivity contribution in [3.8, 4) is 17.1 Å². The first-order chi connectivity index (χ1) is 12.6. The van der Waals surface area contributed by atoms with Gasteiger partial charge in [-0.2, -0.15) is 4.80 Å². The van der Waals surface area contributed by atoms with Crippen molar-refractivity contribution in [1.82, 2.24) is 25.1 Å². The molecule has 0 saturated carbocycles. The number of hydrogen-bond donors (Lipinski definition) is 0. The molecular weight excluding hydrogens is 398 g/mol. The van der Waals surface area contributed by atoms with Gasteiger partial charge in [-0.3, -0.25) is 4.79 Å². The van der Waals surface area contributed by atoms with E-state index in [2.05, 4.69) is 31.3 Å². The van der Waals surface area contributed by atoms with E-state index in [9.17, 15) is 4.79 Å². The van der Waals surface area contributed by atoms with E-state index in [1.807, 2.05) is 48.5 Å². The van der Waals surface area contributed by atoms with Crippen LogP contribution in [0.3, 0.4) is 0 Å². The lowest BCUT2D eigenvalue weighted by atomic mass is 10.2. The highest BCUT2D eigenvalue weighted by atomic mass is 79.9. The van der Waals surface area contributed by atoms with Crippen molar-refractivity contribution >= 4 is 21.8 Å². The molecule has 8 heteroatoms. The SMILES string of the molecule is COc1cccc(-c2nnn(CC(=O)N(C)Cc3ccccc3Br)n2)c1. The number of aromatic nitrogens is 4. The van der Waals surface area contributed by atoms with Gasteiger partial charge in [0.25, 0.3) is 0 Å². The average molecular weight is 416 g/mol. The van der Waals surface area contributed by atoms with E-state index in [0.717, 1.165) is 15.6 Å². The van der Waals surface area contributed by atoms with Crippen LogP contribution in [0.5, 0.6) is 5.75 Å². The van der Waals surface area contributed by atoms with E-state index in [0.29, 0.717) is 18.1 Å². The Hall–Kier alpha value is -2.74. The molecular formula is C18H18BrN5O2. The van der Waals surface area contributed by atoms with Gasteiger partial charge >= 0.3 is 0 Å². The van der Waals surface area contributed by atoms with Gasteiger partial charge < -0.3 is 9.64 Å². The highest BCUT2D eigenvalue weighted by molar-refractivity contribution is 9.10. The first-order valence-electron chi connectivity index (χ1n) is 7.96. The van der Waals surface area contributed by atoms with Gasteiger partial charge in [-0.25, -0.2) is 0 Å². The van der Waals surface area contributed by atoms with Crippen LogP contribution in [-0.2, 0) is 17.9 Å². The van der Waals surface area contributed by atoms with Crippen LogP contribution in [0.2, 0.25) is 0 Å². The number of hydrogen-bond acceptors (Lipinski definition) is 5. The van der Waals surface area contributed by atoms with Crippen LogP contribution in [0, 0.1) is 0 Å². The molecule has 0 aliphatic rings. The van der Waals surface area contributed by atoms with Crippen LogP contribution < -0.4 is 4.74 Å². The Morgan fingerprint density at radius 1 is 1.23 bits per heavy atom. The standard InChI is InChI=1S/C18H18BrN5O2/c1-23(11-14-6-3-4-9-16(14)19)17(25)12-24-21-18(20-22-24)13-7-5-8-15(10-13)26-2/h3-10H,11-12H2,1-2H3. The summed E-state index contributed by atoms with van der Waals surface area (Å²) in [6.45, 7) is 0.523. The van der Waals surface area contributed by atoms with Crippen LogP contribution in [0.25, 0.3) is 11.4 Å². The molecule has 0 bridgehead atoms. The third-order valence-corrected chi connectivity index (χ3v) is 4.62. The molecule has 26 heavy (non-hydrogen) atoms. The number of carbonyl (C=O) groups is 1. The largest absolute Gasteiger partial charge is 0.497 e. The smallest absolute Gasteiger partial charge is 0.246 e. The molecule has 1 amide bonds. The van der Waals surface area contributed by atoms with Crippen LogP contribution in [0.4, 0.5) is 0 Å². The Bertz CT molecular complexity index is 912. The summed E-state index contributed by atoms with van der Waals surface area (Å²) in [5.74, 6) is 1.06. The monoisotopic (exact) mass is 415 g/mol. The zero-order valence-electron chi connectivity index (χ0n) is 14.5. The zero-order chi connectivity index (χ0) is 18.5. The Labute approximate surface area is 159 Å². The summed E-state index contributed by atoms with van der Waals surface area (Å²) in [6.07, 6.45) is 0. The number of rotatable bonds is 6. The first kappa shape index (κ1) is 18.1. The Balaban J connectivity index is 1.66. The second-order valence-electron chi connectivity index (χ2n) is 5.72. The summed E-state index contributed by atoms with van der Waals surface area (Å²) in [5.41, 5.74) is 1.82. The van der Waals surface area contributed by atoms with Crippen LogP contribution in [0.1, 0.15) is 5.56 Å². The highest BCUT2D eigenvalue weighted by Gasteiger charge is 2.14. The van der Waals surface area contributed by atoms with Crippen LogP contribution in [-0.4, -0.2) is 45.2 Å². The van der Waals surface area contributed by atoms with Gasteiger partial charge in [0.05, 0.1) is 7.11 Å². The predicted octanol–water partition coefficient (Wildman–Crippen LogP) is 2.77. The summed E-state index contributed by atoms with van der Waals surface area (Å²) in [4.78, 5) is 15.4. The second-order valence-corrected chi connectivity index (χ2v) is 6.57. The molecule has 0 fully saturated rings. The topological polar surface area (TPSA) is 73.1 Å². The summed E-state index contributed by atoms with van der Waals surface area (Å²) in [6, 6.07) is 15.2. The molecule has 0 saturated heterocycles. The minimum Gasteiger partial charge on any atom is -0.497 e. The number of amides is 1. The normalized spacial score (nSPS) is 10.6. The highest BCUT2D eigenvalue weighted by Crippen LogP contribution is 2.20. The minimum absolute atomic E-state index is 0.0257. The molecule has 0 atom stereocenters. The Morgan fingerprint density at radius 2 is 2.04 bits per heavy atom. The summed E-state index contributed by atoms with van der Waals surface area (Å²) in [7, 11) is 3.35. The fraction of sp³-hybridized carbons (Fsp3) is 0.222. The number of tetrazole rings is 1. The number of carbonyl (C=O) groups excluding carboxylic acids is 1. The van der Waals surface area contributed by atoms with Gasteiger partial charge in [-0.1, -0.05) is 46.3 Å². The molecule has 0 N–H and O–H groups in total. The molecule has 7 nitrogen and oxygen atoms in total. The van der Waals surface area contributed by atoms with E-state index in [-0.39, 0.29) is 12.5 Å². The van der Waals surface area contributed by atoms with Crippen molar-refractivity contribution in [2.24, 2.45) is 0 Å². The van der Waals surface area contributed by atoms with Gasteiger partial charge in [0.1, 0.15) is 12.3 Å². The molecule has 1 aromatic heterocycles. The molecule has 0 aliphatic carbocycles. The molecule has 0 radical (unpaired) electrons. The third-order valence-electron chi connectivity index (χ3n) is 3.85. The molecule has 3 aromatic rings. The predicted molar refractivity (Wildman–Crippen MR) is 100 cm³/mol. The minimum atomic E-state index is -0.102. The summed E-state index contributed by atoms with van der Waals surface area (Å²) < 4.78 is 6.17. The fourth-order valence-corrected chi connectivity index (χ4v) is 2.81. The van der Waals surface area contributed by atoms with Gasteiger partial charge in [0, 0.05) is 23.6 Å². The lowest BCUT2D eigenvalue weighted by Crippen LogP contribution is -2.30. The number of likely N-dealkylation sites (N-methyl/N-ethyl adjacent to an activating group) is 1. The van der Waals surface area contributed by atoms with Gasteiger partial charge in [-0.05, 0) is 29.0 Å². The summed E-state index contributed by atoms with van der Waals surface area (Å²) in [5, 5.41) is 12.3. The van der Waals surface area contributed by atoms with Gasteiger partial charge in [-0.15, -0.1) is 10.2 Å². The molecule has 0 spiro atoms. The first-order valence-corrected chi connectivity index (χ1v) is 8.75. The molecule has 3 rings (SSSR count). The summed E-state index contributed by atoms with van der Waals surface area (Å²) >= 11 is 3.49. The van der Waals surface area contributed by atoms with Gasteiger partial charge in [0.15, 0.2) is 0 Å². The van der Waals surface area contributed by atoms with Crippen molar-refractivity contribution in [3.63, 3.8) is 0 Å². The van der Waals surface area contributed by atoms with Crippen LogP contribution in [0.15, 0.2) is 53.0 Å². The van der Waals surface area contributed by atoms with Crippen molar-refractivity contribution in [2.45, 2.75) is 13.1 Å². The van der Waals surface area contributed by atoms with E-state index < -0.39 is 0 Å². The average Bonchev–Trinajstić information content (AvgIpc) is 3.12. The quantitative estimate of drug-likeness (QED) is 0.618. The van der Waals surface area contributed by atoms with Crippen molar-refractivity contribution < 1.29 is 9.53 Å². The Morgan fingerprint density at radius 3 is 2.81 bits per heavy atom. The maximum absolute atomic E-state index is 12.4. The molecule has 134 valence electrons. The van der Waals surface area contributed by atoms with E-state index in [1.165, 1.54) is 4.80 Å². The third kappa shape index (κ3) is 4.26. The van der Waals surface area contributed by atoms with E-state index >= 15 is 0 Å². The van der Waals surface area contributed by atoms with E-state index in [4.69, 9.17) is 4.74 Å². The number of ether oxygens (including phenoxy) is 1. The Kier molecular flexibility index (Phi) is 5.62. The zero-order valence-corrected chi connectivity index (χ0v) is 16.0. The maximum Gasteiger partial charge on any atom is 0.246 e. The number of halogens is 1. The maximum atomic E-state index is 12.4. The van der Waals surface area contributed by atoms with Gasteiger partial charge in [0.2, 0.25) is 11.7 Å². The number of benzene rings is 2. The number of nitrogens with zero attached hydrogens (tertiary/aromatic N) is 5.